The molecular formula is C19H28N2OS. The van der Waals surface area contributed by atoms with Crippen molar-refractivity contribution in [3.05, 3.63) is 41.9 Å². The van der Waals surface area contributed by atoms with Crippen LogP contribution < -0.4 is 0 Å². The second kappa shape index (κ2) is 6.86. The van der Waals surface area contributed by atoms with Gasteiger partial charge in [0.05, 0.1) is 17.5 Å². The Bertz CT molecular complexity index is 565. The van der Waals surface area contributed by atoms with Crippen LogP contribution in [0.25, 0.3) is 0 Å². The highest BCUT2D eigenvalue weighted by atomic mass is 32.2. The minimum absolute atomic E-state index is 0.208. The van der Waals surface area contributed by atoms with Crippen molar-refractivity contribution in [2.75, 3.05) is 0 Å². The van der Waals surface area contributed by atoms with Gasteiger partial charge in [0, 0.05) is 30.5 Å². The van der Waals surface area contributed by atoms with Crippen LogP contribution in [0.3, 0.4) is 0 Å². The highest BCUT2D eigenvalue weighted by molar-refractivity contribution is 8.03. The van der Waals surface area contributed by atoms with Crippen LogP contribution in [0.15, 0.2) is 41.9 Å². The zero-order chi connectivity index (χ0) is 16.3. The van der Waals surface area contributed by atoms with Crippen LogP contribution in [0, 0.1) is 0 Å². The molecule has 4 heteroatoms. The smallest absolute Gasteiger partial charge is 0.0953 e. The Kier molecular flexibility index (Phi) is 5.02. The normalized spacial score (nSPS) is 26.3. The standard InChI is InChI=1S/C19H28N2OS/c1-18(2,22)14-19(21-12-11-20-15-21)10-6-9-17(13-19)23-16-7-4-3-5-8-16/h6,9-12,15-16,22H,3-5,7-8,13-14H2,1-2H3. The average Bonchev–Trinajstić information content (AvgIpc) is 3.02. The number of aromatic nitrogens is 2. The van der Waals surface area contributed by atoms with E-state index in [4.69, 9.17) is 0 Å². The van der Waals surface area contributed by atoms with Gasteiger partial charge in [-0.05, 0) is 31.6 Å². The summed E-state index contributed by atoms with van der Waals surface area (Å²) < 4.78 is 2.16. The minimum Gasteiger partial charge on any atom is -0.390 e. The first-order chi connectivity index (χ1) is 11.0. The number of nitrogens with zero attached hydrogens (tertiary/aromatic N) is 2. The van der Waals surface area contributed by atoms with Gasteiger partial charge in [0.15, 0.2) is 0 Å². The van der Waals surface area contributed by atoms with Crippen molar-refractivity contribution in [2.45, 2.75) is 75.2 Å². The maximum atomic E-state index is 10.4. The van der Waals surface area contributed by atoms with E-state index in [-0.39, 0.29) is 5.54 Å². The van der Waals surface area contributed by atoms with E-state index in [2.05, 4.69) is 39.5 Å². The summed E-state index contributed by atoms with van der Waals surface area (Å²) in [4.78, 5) is 5.68. The van der Waals surface area contributed by atoms with E-state index < -0.39 is 5.60 Å². The number of imidazole rings is 1. The highest BCUT2D eigenvalue weighted by Gasteiger charge is 2.37. The Labute approximate surface area is 143 Å². The fourth-order valence-corrected chi connectivity index (χ4v) is 5.38. The maximum absolute atomic E-state index is 10.4. The van der Waals surface area contributed by atoms with Crippen molar-refractivity contribution in [1.29, 1.82) is 0 Å². The van der Waals surface area contributed by atoms with Crippen LogP contribution in [0.2, 0.25) is 0 Å². The first kappa shape index (κ1) is 16.8. The number of rotatable bonds is 5. The van der Waals surface area contributed by atoms with E-state index in [1.807, 2.05) is 32.6 Å². The van der Waals surface area contributed by atoms with E-state index in [9.17, 15) is 5.11 Å². The second-order valence-corrected chi connectivity index (χ2v) is 9.04. The molecule has 1 atom stereocenters. The summed E-state index contributed by atoms with van der Waals surface area (Å²) in [6.07, 6.45) is 20.9. The Morgan fingerprint density at radius 1 is 1.35 bits per heavy atom. The highest BCUT2D eigenvalue weighted by Crippen LogP contribution is 2.43. The molecule has 3 rings (SSSR count). The topological polar surface area (TPSA) is 38.0 Å². The number of allylic oxidation sites excluding steroid dienone is 4. The fraction of sp³-hybridized carbons (Fsp3) is 0.632. The monoisotopic (exact) mass is 332 g/mol. The first-order valence-corrected chi connectivity index (χ1v) is 9.61. The molecule has 1 N–H and O–H groups in total. The van der Waals surface area contributed by atoms with Crippen LogP contribution in [-0.2, 0) is 5.54 Å². The molecule has 0 saturated heterocycles. The number of hydrogen-bond acceptors (Lipinski definition) is 3. The molecule has 0 radical (unpaired) electrons. The van der Waals surface area contributed by atoms with Gasteiger partial charge < -0.3 is 9.67 Å². The zero-order valence-electron chi connectivity index (χ0n) is 14.2. The van der Waals surface area contributed by atoms with Crippen molar-refractivity contribution in [3.8, 4) is 0 Å². The fourth-order valence-electron chi connectivity index (χ4n) is 3.89. The SMILES string of the molecule is CC(C)(O)CC1(n2ccnc2)C=CC=C(SC2CCCCC2)C1. The molecule has 0 aromatic carbocycles. The van der Waals surface area contributed by atoms with Gasteiger partial charge in [0.25, 0.3) is 0 Å². The number of thioether (sulfide) groups is 1. The molecule has 1 fully saturated rings. The lowest BCUT2D eigenvalue weighted by Crippen LogP contribution is -2.40. The van der Waals surface area contributed by atoms with Gasteiger partial charge in [-0.1, -0.05) is 37.5 Å². The molecule has 0 bridgehead atoms. The summed E-state index contributed by atoms with van der Waals surface area (Å²) in [7, 11) is 0. The summed E-state index contributed by atoms with van der Waals surface area (Å²) >= 11 is 2.06. The van der Waals surface area contributed by atoms with E-state index in [1.165, 1.54) is 37.0 Å². The molecule has 0 aliphatic heterocycles. The van der Waals surface area contributed by atoms with Crippen LogP contribution in [-0.4, -0.2) is 25.5 Å². The lowest BCUT2D eigenvalue weighted by Gasteiger charge is -2.39. The van der Waals surface area contributed by atoms with Gasteiger partial charge in [-0.2, -0.15) is 0 Å². The molecule has 2 aliphatic rings. The van der Waals surface area contributed by atoms with Crippen LogP contribution in [0.1, 0.15) is 58.8 Å². The van der Waals surface area contributed by atoms with Gasteiger partial charge in [0.2, 0.25) is 0 Å². The number of aliphatic hydroxyl groups is 1. The molecule has 1 heterocycles. The van der Waals surface area contributed by atoms with Crippen LogP contribution in [0.5, 0.6) is 0 Å². The summed E-state index contributed by atoms with van der Waals surface area (Å²) in [5.41, 5.74) is -0.924. The number of hydrogen-bond donors (Lipinski definition) is 1. The summed E-state index contributed by atoms with van der Waals surface area (Å²) in [5, 5.41) is 11.2. The Balaban J connectivity index is 1.78. The van der Waals surface area contributed by atoms with Crippen LogP contribution >= 0.6 is 11.8 Å². The Morgan fingerprint density at radius 3 is 2.78 bits per heavy atom. The molecular weight excluding hydrogens is 304 g/mol. The minimum atomic E-state index is -0.716. The van der Waals surface area contributed by atoms with Crippen molar-refractivity contribution < 1.29 is 5.11 Å². The molecule has 0 spiro atoms. The quantitative estimate of drug-likeness (QED) is 0.853. The predicted molar refractivity (Wildman–Crippen MR) is 97.4 cm³/mol. The third-order valence-electron chi connectivity index (χ3n) is 4.80. The lowest BCUT2D eigenvalue weighted by atomic mass is 9.81. The van der Waals surface area contributed by atoms with Gasteiger partial charge in [-0.25, -0.2) is 4.98 Å². The average molecular weight is 333 g/mol. The first-order valence-electron chi connectivity index (χ1n) is 8.73. The largest absolute Gasteiger partial charge is 0.390 e. The Hall–Kier alpha value is -1.000. The second-order valence-electron chi connectivity index (χ2n) is 7.61. The van der Waals surface area contributed by atoms with Gasteiger partial charge in [-0.15, -0.1) is 11.8 Å². The molecule has 23 heavy (non-hydrogen) atoms. The van der Waals surface area contributed by atoms with Gasteiger partial charge in [-0.3, -0.25) is 0 Å². The lowest BCUT2D eigenvalue weighted by molar-refractivity contribution is 0.0379. The molecule has 1 aromatic rings. The van der Waals surface area contributed by atoms with E-state index in [0.29, 0.717) is 6.42 Å². The molecule has 2 aliphatic carbocycles. The third kappa shape index (κ3) is 4.30. The molecule has 3 nitrogen and oxygen atoms in total. The molecule has 1 aromatic heterocycles. The maximum Gasteiger partial charge on any atom is 0.0953 e. The van der Waals surface area contributed by atoms with Gasteiger partial charge in [0.1, 0.15) is 0 Å². The summed E-state index contributed by atoms with van der Waals surface area (Å²) in [6.45, 7) is 3.79. The van der Waals surface area contributed by atoms with Crippen molar-refractivity contribution in [1.82, 2.24) is 9.55 Å². The summed E-state index contributed by atoms with van der Waals surface area (Å²) in [5.74, 6) is 0. The predicted octanol–water partition coefficient (Wildman–Crippen LogP) is 4.65. The third-order valence-corrected chi connectivity index (χ3v) is 6.18. The summed E-state index contributed by atoms with van der Waals surface area (Å²) in [6, 6.07) is 0. The van der Waals surface area contributed by atoms with Crippen molar-refractivity contribution in [2.24, 2.45) is 0 Å². The van der Waals surface area contributed by atoms with E-state index in [1.54, 1.807) is 0 Å². The van der Waals surface area contributed by atoms with Crippen molar-refractivity contribution >= 4 is 11.8 Å². The Morgan fingerprint density at radius 2 is 2.13 bits per heavy atom. The van der Waals surface area contributed by atoms with E-state index in [0.717, 1.165) is 11.7 Å². The van der Waals surface area contributed by atoms with Gasteiger partial charge >= 0.3 is 0 Å². The molecule has 0 amide bonds. The van der Waals surface area contributed by atoms with Crippen LogP contribution in [0.4, 0.5) is 0 Å². The molecule has 1 unspecified atom stereocenters. The zero-order valence-corrected chi connectivity index (χ0v) is 15.1. The van der Waals surface area contributed by atoms with E-state index >= 15 is 0 Å². The van der Waals surface area contributed by atoms with Crippen molar-refractivity contribution in [3.63, 3.8) is 0 Å². The molecule has 126 valence electrons. The molecule has 1 saturated carbocycles.